The first-order valence-electron chi connectivity index (χ1n) is 17.1. The lowest BCUT2D eigenvalue weighted by atomic mass is 9.90. The Hall–Kier alpha value is -6.91. The van der Waals surface area contributed by atoms with E-state index < -0.39 is 0 Å². The normalized spacial score (nSPS) is 11.5. The number of hydrogen-bond donors (Lipinski definition) is 0. The summed E-state index contributed by atoms with van der Waals surface area (Å²) in [7, 11) is 0. The second-order valence-electron chi connectivity index (χ2n) is 12.8. The van der Waals surface area contributed by atoms with Crippen LogP contribution in [0.15, 0.2) is 180 Å². The fourth-order valence-corrected chi connectivity index (χ4v) is 7.28. The number of hydrogen-bond acceptors (Lipinski definition) is 4. The van der Waals surface area contributed by atoms with Crippen molar-refractivity contribution in [2.45, 2.75) is 0 Å². The standard InChI is InChI=1S/C47H29N3O/c1-3-13-30(14-4-1)42-29-43(31-15-5-2-6-16-31)50-47(49-42)35-26-33(37-23-24-48-45-40-21-11-12-22-44(40)51-46(37)45)25-34(27-35)41-28-32-17-7-8-18-36(32)38-19-9-10-20-39(38)41/h1-29H. The van der Waals surface area contributed by atoms with Gasteiger partial charge in [0.25, 0.3) is 0 Å². The van der Waals surface area contributed by atoms with Gasteiger partial charge in [0.15, 0.2) is 11.4 Å². The van der Waals surface area contributed by atoms with Crippen LogP contribution in [-0.2, 0) is 0 Å². The van der Waals surface area contributed by atoms with E-state index in [0.717, 1.165) is 72.4 Å². The van der Waals surface area contributed by atoms with Crippen molar-refractivity contribution in [3.63, 3.8) is 0 Å². The molecule has 0 saturated heterocycles. The molecule has 3 heterocycles. The molecule has 0 atom stereocenters. The summed E-state index contributed by atoms with van der Waals surface area (Å²) in [5.74, 6) is 0.651. The van der Waals surface area contributed by atoms with Gasteiger partial charge in [-0.15, -0.1) is 0 Å². The van der Waals surface area contributed by atoms with E-state index in [1.807, 2.05) is 66.9 Å². The highest BCUT2D eigenvalue weighted by Crippen LogP contribution is 2.41. The molecular formula is C47H29N3O. The average molecular weight is 652 g/mol. The molecule has 10 rings (SSSR count). The minimum absolute atomic E-state index is 0.651. The lowest BCUT2D eigenvalue weighted by Crippen LogP contribution is -1.97. The molecule has 3 aromatic heterocycles. The number of fused-ring (bicyclic) bond motifs is 6. The second-order valence-corrected chi connectivity index (χ2v) is 12.8. The predicted octanol–water partition coefficient (Wildman–Crippen LogP) is 12.4. The summed E-state index contributed by atoms with van der Waals surface area (Å²) in [5, 5.41) is 5.83. The first-order valence-corrected chi connectivity index (χ1v) is 17.1. The molecule has 0 aliphatic heterocycles. The molecule has 238 valence electrons. The number of pyridine rings is 1. The van der Waals surface area contributed by atoms with Crippen molar-refractivity contribution in [2.24, 2.45) is 0 Å². The number of aromatic nitrogens is 3. The first kappa shape index (κ1) is 29.0. The fraction of sp³-hybridized carbons (Fsp3) is 0. The van der Waals surface area contributed by atoms with Gasteiger partial charge in [-0.05, 0) is 86.8 Å². The van der Waals surface area contributed by atoms with Gasteiger partial charge in [-0.2, -0.15) is 0 Å². The summed E-state index contributed by atoms with van der Waals surface area (Å²) in [6.07, 6.45) is 1.87. The van der Waals surface area contributed by atoms with Crippen molar-refractivity contribution in [1.29, 1.82) is 0 Å². The lowest BCUT2D eigenvalue weighted by molar-refractivity contribution is 0.669. The monoisotopic (exact) mass is 651 g/mol. The quantitative estimate of drug-likeness (QED) is 0.174. The van der Waals surface area contributed by atoms with Gasteiger partial charge in [-0.1, -0.05) is 121 Å². The highest BCUT2D eigenvalue weighted by Gasteiger charge is 2.18. The van der Waals surface area contributed by atoms with E-state index in [9.17, 15) is 0 Å². The van der Waals surface area contributed by atoms with Crippen LogP contribution < -0.4 is 0 Å². The Morgan fingerprint density at radius 2 is 0.961 bits per heavy atom. The second kappa shape index (κ2) is 11.9. The van der Waals surface area contributed by atoms with Crippen LogP contribution in [0, 0.1) is 0 Å². The Morgan fingerprint density at radius 3 is 1.69 bits per heavy atom. The van der Waals surface area contributed by atoms with Crippen LogP contribution in [0.5, 0.6) is 0 Å². The number of para-hydroxylation sites is 1. The van der Waals surface area contributed by atoms with Gasteiger partial charge < -0.3 is 4.42 Å². The fourth-order valence-electron chi connectivity index (χ4n) is 7.28. The number of rotatable bonds is 5. The smallest absolute Gasteiger partial charge is 0.161 e. The topological polar surface area (TPSA) is 51.8 Å². The number of furan rings is 1. The van der Waals surface area contributed by atoms with Crippen LogP contribution in [0.3, 0.4) is 0 Å². The van der Waals surface area contributed by atoms with E-state index in [1.165, 1.54) is 21.5 Å². The first-order chi connectivity index (χ1) is 25.3. The van der Waals surface area contributed by atoms with Gasteiger partial charge in [-0.25, -0.2) is 9.97 Å². The van der Waals surface area contributed by atoms with Gasteiger partial charge in [0.05, 0.1) is 11.4 Å². The van der Waals surface area contributed by atoms with E-state index >= 15 is 0 Å². The van der Waals surface area contributed by atoms with Gasteiger partial charge in [-0.3, -0.25) is 4.98 Å². The third kappa shape index (κ3) is 5.04. The maximum atomic E-state index is 6.52. The molecule has 0 aliphatic carbocycles. The minimum Gasteiger partial charge on any atom is -0.454 e. The summed E-state index contributed by atoms with van der Waals surface area (Å²) in [4.78, 5) is 15.2. The molecule has 0 bridgehead atoms. The van der Waals surface area contributed by atoms with Crippen LogP contribution in [0.1, 0.15) is 0 Å². The lowest BCUT2D eigenvalue weighted by Gasteiger charge is -2.15. The van der Waals surface area contributed by atoms with E-state index in [1.54, 1.807) is 0 Å². The largest absolute Gasteiger partial charge is 0.454 e. The van der Waals surface area contributed by atoms with E-state index in [4.69, 9.17) is 19.4 Å². The van der Waals surface area contributed by atoms with E-state index in [0.29, 0.717) is 5.82 Å². The SMILES string of the molecule is c1ccc(-c2cc(-c3ccccc3)nc(-c3cc(-c4cc5ccccc5c5ccccc45)cc(-c4ccnc5c4oc4ccccc45)c3)n2)cc1. The van der Waals surface area contributed by atoms with Crippen LogP contribution in [0.25, 0.3) is 99.8 Å². The van der Waals surface area contributed by atoms with Crippen LogP contribution >= 0.6 is 0 Å². The Balaban J connectivity index is 1.28. The summed E-state index contributed by atoms with van der Waals surface area (Å²) in [6.45, 7) is 0. The van der Waals surface area contributed by atoms with Gasteiger partial charge >= 0.3 is 0 Å². The zero-order valence-electron chi connectivity index (χ0n) is 27.5. The summed E-state index contributed by atoms with van der Waals surface area (Å²) in [6, 6.07) is 59.1. The van der Waals surface area contributed by atoms with E-state index in [-0.39, 0.29) is 0 Å². The molecule has 7 aromatic carbocycles. The Kier molecular flexibility index (Phi) is 6.78. The molecule has 0 unspecified atom stereocenters. The van der Waals surface area contributed by atoms with Crippen LogP contribution in [-0.4, -0.2) is 15.0 Å². The third-order valence-corrected chi connectivity index (χ3v) is 9.71. The molecule has 0 aliphatic rings. The average Bonchev–Trinajstić information content (AvgIpc) is 3.60. The molecule has 0 fully saturated rings. The Bertz CT molecular complexity index is 2860. The summed E-state index contributed by atoms with van der Waals surface area (Å²) in [5.41, 5.74) is 11.3. The van der Waals surface area contributed by atoms with Gasteiger partial charge in [0, 0.05) is 33.8 Å². The molecule has 0 radical (unpaired) electrons. The highest BCUT2D eigenvalue weighted by molar-refractivity contribution is 6.14. The maximum absolute atomic E-state index is 6.52. The molecule has 0 amide bonds. The zero-order chi connectivity index (χ0) is 33.7. The summed E-state index contributed by atoms with van der Waals surface area (Å²) >= 11 is 0. The summed E-state index contributed by atoms with van der Waals surface area (Å²) < 4.78 is 6.52. The number of benzene rings is 7. The number of nitrogens with zero attached hydrogens (tertiary/aromatic N) is 3. The van der Waals surface area contributed by atoms with Crippen LogP contribution in [0.2, 0.25) is 0 Å². The van der Waals surface area contributed by atoms with Gasteiger partial charge in [0.1, 0.15) is 11.1 Å². The molecule has 4 nitrogen and oxygen atoms in total. The van der Waals surface area contributed by atoms with Gasteiger partial charge in [0.2, 0.25) is 0 Å². The van der Waals surface area contributed by atoms with Crippen molar-refractivity contribution in [3.05, 3.63) is 176 Å². The van der Waals surface area contributed by atoms with Crippen molar-refractivity contribution < 1.29 is 4.42 Å². The van der Waals surface area contributed by atoms with E-state index in [2.05, 4.69) is 109 Å². The Morgan fingerprint density at radius 1 is 0.392 bits per heavy atom. The maximum Gasteiger partial charge on any atom is 0.161 e. The molecule has 10 aromatic rings. The minimum atomic E-state index is 0.651. The molecule has 51 heavy (non-hydrogen) atoms. The zero-order valence-corrected chi connectivity index (χ0v) is 27.5. The van der Waals surface area contributed by atoms with Crippen molar-refractivity contribution in [2.75, 3.05) is 0 Å². The molecule has 0 spiro atoms. The van der Waals surface area contributed by atoms with Crippen molar-refractivity contribution in [3.8, 4) is 56.2 Å². The van der Waals surface area contributed by atoms with Crippen molar-refractivity contribution >= 4 is 43.6 Å². The predicted molar refractivity (Wildman–Crippen MR) is 209 cm³/mol. The Labute approximate surface area is 294 Å². The molecule has 0 saturated carbocycles. The molecule has 0 N–H and O–H groups in total. The van der Waals surface area contributed by atoms with Crippen LogP contribution in [0.4, 0.5) is 0 Å². The van der Waals surface area contributed by atoms with Crippen molar-refractivity contribution in [1.82, 2.24) is 15.0 Å². The molecule has 4 heteroatoms. The third-order valence-electron chi connectivity index (χ3n) is 9.71. The highest BCUT2D eigenvalue weighted by atomic mass is 16.3. The molecular weight excluding hydrogens is 623 g/mol.